The van der Waals surface area contributed by atoms with Gasteiger partial charge in [-0.2, -0.15) is 0 Å². The maximum atomic E-state index is 4.22. The molecular weight excluding hydrogens is 290 g/mol. The van der Waals surface area contributed by atoms with Gasteiger partial charge < -0.3 is 0 Å². The fourth-order valence-electron chi connectivity index (χ4n) is 0.704. The van der Waals surface area contributed by atoms with E-state index in [1.165, 1.54) is 0 Å². The minimum Gasteiger partial charge on any atom is -0.248 e. The second-order valence-corrected chi connectivity index (χ2v) is 6.60. The van der Waals surface area contributed by atoms with Crippen LogP contribution in [0.15, 0.2) is 19.8 Å². The van der Waals surface area contributed by atoms with Crippen molar-refractivity contribution < 1.29 is 0 Å². The van der Waals surface area contributed by atoms with Crippen molar-refractivity contribution in [2.75, 3.05) is 0 Å². The molecule has 0 atom stereocenters. The number of rotatable bonds is 3. The van der Waals surface area contributed by atoms with Crippen LogP contribution in [0.5, 0.6) is 0 Å². The van der Waals surface area contributed by atoms with E-state index in [1.807, 2.05) is 6.20 Å². The van der Waals surface area contributed by atoms with E-state index in [2.05, 4.69) is 31.1 Å². The smallest absolute Gasteiger partial charge is 0.174 e. The molecule has 0 radical (unpaired) electrons. The highest BCUT2D eigenvalue weighted by Crippen LogP contribution is 2.27. The number of halogens is 1. The molecule has 0 aliphatic rings. The van der Waals surface area contributed by atoms with Crippen molar-refractivity contribution >= 4 is 50.4 Å². The monoisotopic (exact) mass is 293 g/mol. The molecular formula is C6H4BrN3S3. The normalized spacial score (nSPS) is 10.5. The molecule has 0 N–H and O–H groups in total. The molecule has 0 spiro atoms. The topological polar surface area (TPSA) is 38.7 Å². The van der Waals surface area contributed by atoms with Crippen molar-refractivity contribution in [2.45, 2.75) is 10.1 Å². The van der Waals surface area contributed by atoms with E-state index in [1.54, 1.807) is 39.9 Å². The first-order valence-corrected chi connectivity index (χ1v) is 6.81. The summed E-state index contributed by atoms with van der Waals surface area (Å²) in [6.45, 7) is 0. The van der Waals surface area contributed by atoms with E-state index in [4.69, 9.17) is 0 Å². The second kappa shape index (κ2) is 4.50. The Morgan fingerprint density at radius 3 is 3.08 bits per heavy atom. The van der Waals surface area contributed by atoms with Crippen molar-refractivity contribution in [2.24, 2.45) is 0 Å². The van der Waals surface area contributed by atoms with E-state index >= 15 is 0 Å². The molecule has 0 amide bonds. The summed E-state index contributed by atoms with van der Waals surface area (Å²) in [5, 5.41) is 8.80. The van der Waals surface area contributed by atoms with Gasteiger partial charge in [0.05, 0.1) is 15.7 Å². The Bertz CT molecular complexity index is 372. The molecule has 0 saturated carbocycles. The van der Waals surface area contributed by atoms with E-state index in [-0.39, 0.29) is 0 Å². The molecule has 0 fully saturated rings. The van der Waals surface area contributed by atoms with E-state index in [0.29, 0.717) is 0 Å². The summed E-state index contributed by atoms with van der Waals surface area (Å²) in [6, 6.07) is 0. The molecule has 2 heterocycles. The third-order valence-electron chi connectivity index (χ3n) is 1.18. The molecule has 2 aromatic heterocycles. The Morgan fingerprint density at radius 2 is 2.46 bits per heavy atom. The fraction of sp³-hybridized carbons (Fsp3) is 0.167. The zero-order valence-corrected chi connectivity index (χ0v) is 10.3. The van der Waals surface area contributed by atoms with E-state index in [0.717, 1.165) is 18.9 Å². The Morgan fingerprint density at radius 1 is 1.54 bits per heavy atom. The zero-order valence-electron chi connectivity index (χ0n) is 6.31. The maximum Gasteiger partial charge on any atom is 0.174 e. The van der Waals surface area contributed by atoms with Crippen LogP contribution in [-0.2, 0) is 5.75 Å². The van der Waals surface area contributed by atoms with Gasteiger partial charge in [0.1, 0.15) is 10.5 Å². The SMILES string of the molecule is Brc1cnc(CSc2nncs2)s1. The first-order chi connectivity index (χ1) is 6.34. The molecule has 0 unspecified atom stereocenters. The average molecular weight is 294 g/mol. The van der Waals surface area contributed by atoms with Crippen LogP contribution in [0, 0.1) is 0 Å². The van der Waals surface area contributed by atoms with Gasteiger partial charge in [-0.15, -0.1) is 21.5 Å². The molecule has 0 aliphatic heterocycles. The van der Waals surface area contributed by atoms with Crippen LogP contribution in [0.2, 0.25) is 0 Å². The molecule has 68 valence electrons. The van der Waals surface area contributed by atoms with Crippen molar-refractivity contribution in [3.05, 3.63) is 20.5 Å². The van der Waals surface area contributed by atoms with Gasteiger partial charge in [-0.25, -0.2) is 4.98 Å². The van der Waals surface area contributed by atoms with Crippen LogP contribution in [0.25, 0.3) is 0 Å². The predicted molar refractivity (Wildman–Crippen MR) is 59.3 cm³/mol. The lowest BCUT2D eigenvalue weighted by Gasteiger charge is -1.90. The molecule has 0 aromatic carbocycles. The van der Waals surface area contributed by atoms with Crippen molar-refractivity contribution in [3.8, 4) is 0 Å². The Hall–Kier alpha value is 0.0200. The summed E-state index contributed by atoms with van der Waals surface area (Å²) < 4.78 is 2.06. The van der Waals surface area contributed by atoms with Gasteiger partial charge >= 0.3 is 0 Å². The van der Waals surface area contributed by atoms with Crippen molar-refractivity contribution in [1.29, 1.82) is 0 Å². The van der Waals surface area contributed by atoms with Gasteiger partial charge in [-0.3, -0.25) is 0 Å². The number of nitrogens with zero attached hydrogens (tertiary/aromatic N) is 3. The summed E-state index contributed by atoms with van der Waals surface area (Å²) >= 11 is 8.24. The zero-order chi connectivity index (χ0) is 9.10. The highest BCUT2D eigenvalue weighted by molar-refractivity contribution is 9.11. The first kappa shape index (κ1) is 9.57. The maximum absolute atomic E-state index is 4.22. The van der Waals surface area contributed by atoms with Crippen LogP contribution in [-0.4, -0.2) is 15.2 Å². The van der Waals surface area contributed by atoms with Gasteiger partial charge in [0.25, 0.3) is 0 Å². The lowest BCUT2D eigenvalue weighted by molar-refractivity contribution is 1.01. The molecule has 2 rings (SSSR count). The number of hydrogen-bond donors (Lipinski definition) is 0. The van der Waals surface area contributed by atoms with Crippen LogP contribution in [0.3, 0.4) is 0 Å². The third kappa shape index (κ3) is 2.73. The molecule has 7 heteroatoms. The predicted octanol–water partition coefficient (Wildman–Crippen LogP) is 3.05. The van der Waals surface area contributed by atoms with Crippen LogP contribution in [0.1, 0.15) is 5.01 Å². The third-order valence-corrected chi connectivity index (χ3v) is 4.71. The van der Waals surface area contributed by atoms with Crippen molar-refractivity contribution in [1.82, 2.24) is 15.2 Å². The number of aromatic nitrogens is 3. The van der Waals surface area contributed by atoms with E-state index < -0.39 is 0 Å². The lowest BCUT2D eigenvalue weighted by Crippen LogP contribution is -1.76. The number of thioether (sulfide) groups is 1. The minimum atomic E-state index is 0.867. The standard InChI is InChI=1S/C6H4BrN3S3/c7-4-1-8-5(13-4)2-11-6-10-9-3-12-6/h1,3H,2H2. The molecule has 3 nitrogen and oxygen atoms in total. The minimum absolute atomic E-state index is 0.867. The van der Waals surface area contributed by atoms with Crippen LogP contribution in [0.4, 0.5) is 0 Å². The Balaban J connectivity index is 1.93. The fourth-order valence-corrected chi connectivity index (χ4v) is 3.50. The molecule has 0 aliphatic carbocycles. The highest BCUT2D eigenvalue weighted by Gasteiger charge is 2.02. The van der Waals surface area contributed by atoms with Gasteiger partial charge in [0.15, 0.2) is 4.34 Å². The molecule has 13 heavy (non-hydrogen) atoms. The summed E-state index contributed by atoms with van der Waals surface area (Å²) in [4.78, 5) is 4.22. The van der Waals surface area contributed by atoms with Gasteiger partial charge in [0, 0.05) is 0 Å². The molecule has 2 aromatic rings. The molecule has 0 bridgehead atoms. The first-order valence-electron chi connectivity index (χ1n) is 3.34. The Kier molecular flexibility index (Phi) is 3.31. The lowest BCUT2D eigenvalue weighted by atomic mass is 10.8. The number of thiazole rings is 1. The molecule has 0 saturated heterocycles. The average Bonchev–Trinajstić information content (AvgIpc) is 2.71. The summed E-state index contributed by atoms with van der Waals surface area (Å²) in [5.74, 6) is 0.867. The van der Waals surface area contributed by atoms with Crippen LogP contribution < -0.4 is 0 Å². The van der Waals surface area contributed by atoms with Crippen molar-refractivity contribution in [3.63, 3.8) is 0 Å². The highest BCUT2D eigenvalue weighted by atomic mass is 79.9. The largest absolute Gasteiger partial charge is 0.248 e. The summed E-state index contributed by atoms with van der Waals surface area (Å²) in [7, 11) is 0. The van der Waals surface area contributed by atoms with Gasteiger partial charge in [-0.05, 0) is 15.9 Å². The second-order valence-electron chi connectivity index (χ2n) is 2.05. The van der Waals surface area contributed by atoms with Gasteiger partial charge in [0.2, 0.25) is 0 Å². The summed E-state index contributed by atoms with van der Waals surface area (Å²) in [5.41, 5.74) is 1.74. The van der Waals surface area contributed by atoms with E-state index in [9.17, 15) is 0 Å². The number of hydrogen-bond acceptors (Lipinski definition) is 6. The Labute approximate surface area is 95.8 Å². The van der Waals surface area contributed by atoms with Gasteiger partial charge in [-0.1, -0.05) is 23.1 Å². The quantitative estimate of drug-likeness (QED) is 0.816. The summed E-state index contributed by atoms with van der Waals surface area (Å²) in [6.07, 6.45) is 1.82. The van der Waals surface area contributed by atoms with Crippen LogP contribution >= 0.6 is 50.4 Å².